The van der Waals surface area contributed by atoms with Gasteiger partial charge < -0.3 is 14.9 Å². The fourth-order valence-electron chi connectivity index (χ4n) is 1.62. The number of rotatable bonds is 6. The molecule has 0 spiro atoms. The molecule has 0 aliphatic rings. The van der Waals surface area contributed by atoms with Gasteiger partial charge in [0, 0.05) is 45.2 Å². The highest BCUT2D eigenvalue weighted by Gasteiger charge is 2.08. The van der Waals surface area contributed by atoms with Crippen LogP contribution in [0.4, 0.5) is 21.6 Å². The Hall–Kier alpha value is -1.87. The number of aromatic hydroxyl groups is 1. The lowest BCUT2D eigenvalue weighted by molar-refractivity contribution is 0.476. The van der Waals surface area contributed by atoms with E-state index in [0.717, 1.165) is 23.1 Å². The number of phenols is 1. The average Bonchev–Trinajstić information content (AvgIpc) is 2.95. The Kier molecular flexibility index (Phi) is 5.56. The zero-order valence-electron chi connectivity index (χ0n) is 12.6. The molecule has 1 N–H and O–H groups in total. The highest BCUT2D eigenvalue weighted by atomic mass is 32.1. The second kappa shape index (κ2) is 7.41. The summed E-state index contributed by atoms with van der Waals surface area (Å²) in [5.74, 6) is 0.811. The van der Waals surface area contributed by atoms with E-state index in [1.165, 1.54) is 11.3 Å². The normalized spacial score (nSPS) is 11.1. The van der Waals surface area contributed by atoms with Gasteiger partial charge in [0.2, 0.25) is 5.13 Å². The minimum Gasteiger partial charge on any atom is -0.506 e. The van der Waals surface area contributed by atoms with Gasteiger partial charge in [0.15, 0.2) is 0 Å². The number of phenolic OH excluding ortho intramolecular Hbond substituents is 1. The molecule has 1 aromatic carbocycles. The van der Waals surface area contributed by atoms with Gasteiger partial charge in [-0.3, -0.25) is 0 Å². The highest BCUT2D eigenvalue weighted by Crippen LogP contribution is 2.33. The Bertz CT molecular complexity index is 658. The molecular weight excluding hydrogens is 320 g/mol. The van der Waals surface area contributed by atoms with Crippen LogP contribution in [-0.4, -0.2) is 48.7 Å². The van der Waals surface area contributed by atoms with Crippen molar-refractivity contribution in [3.63, 3.8) is 0 Å². The van der Waals surface area contributed by atoms with Crippen LogP contribution in [0.1, 0.15) is 0 Å². The van der Waals surface area contributed by atoms with Crippen molar-refractivity contribution in [2.75, 3.05) is 43.2 Å². The number of hydrogen-bond acceptors (Lipinski definition) is 9. The zero-order chi connectivity index (χ0) is 16.1. The van der Waals surface area contributed by atoms with Crippen LogP contribution in [0.25, 0.3) is 0 Å². The number of thiol groups is 1. The maximum Gasteiger partial charge on any atom is 0.253 e. The average molecular weight is 338 g/mol. The molecule has 9 heteroatoms. The van der Waals surface area contributed by atoms with Gasteiger partial charge >= 0.3 is 0 Å². The SMILES string of the molecule is CN(C)c1ccc(N=Nc2nnc(N(C)CCS)s2)c(O)c1. The molecule has 1 aromatic heterocycles. The summed E-state index contributed by atoms with van der Waals surface area (Å²) in [6.07, 6.45) is 0. The van der Waals surface area contributed by atoms with Crippen LogP contribution in [0.15, 0.2) is 28.4 Å². The maximum atomic E-state index is 9.95. The minimum absolute atomic E-state index is 0.0758. The van der Waals surface area contributed by atoms with Crippen LogP contribution < -0.4 is 9.80 Å². The van der Waals surface area contributed by atoms with Crippen LogP contribution >= 0.6 is 24.0 Å². The van der Waals surface area contributed by atoms with E-state index in [1.54, 1.807) is 12.1 Å². The van der Waals surface area contributed by atoms with Gasteiger partial charge in [0.05, 0.1) is 0 Å². The monoisotopic (exact) mass is 338 g/mol. The van der Waals surface area contributed by atoms with Crippen LogP contribution in [-0.2, 0) is 0 Å². The third kappa shape index (κ3) is 4.08. The summed E-state index contributed by atoms with van der Waals surface area (Å²) in [7, 11) is 5.73. The van der Waals surface area contributed by atoms with Crippen LogP contribution in [0.3, 0.4) is 0 Å². The Labute approximate surface area is 138 Å². The summed E-state index contributed by atoms with van der Waals surface area (Å²) in [5, 5.41) is 27.2. The van der Waals surface area contributed by atoms with E-state index < -0.39 is 0 Å². The van der Waals surface area contributed by atoms with Crippen molar-refractivity contribution in [2.24, 2.45) is 10.2 Å². The van der Waals surface area contributed by atoms with E-state index >= 15 is 0 Å². The first-order chi connectivity index (χ1) is 10.5. The summed E-state index contributed by atoms with van der Waals surface area (Å²) < 4.78 is 0. The van der Waals surface area contributed by atoms with Gasteiger partial charge in [-0.1, -0.05) is 11.3 Å². The number of anilines is 2. The van der Waals surface area contributed by atoms with Crippen LogP contribution in [0.5, 0.6) is 5.75 Å². The minimum atomic E-state index is 0.0758. The predicted molar refractivity (Wildman–Crippen MR) is 93.6 cm³/mol. The van der Waals surface area contributed by atoms with Crippen molar-refractivity contribution in [3.8, 4) is 5.75 Å². The van der Waals surface area contributed by atoms with Crippen LogP contribution in [0.2, 0.25) is 0 Å². The number of nitrogens with zero attached hydrogens (tertiary/aromatic N) is 6. The number of hydrogen-bond donors (Lipinski definition) is 2. The van der Waals surface area contributed by atoms with Crippen molar-refractivity contribution in [2.45, 2.75) is 0 Å². The lowest BCUT2D eigenvalue weighted by atomic mass is 10.2. The quantitative estimate of drug-likeness (QED) is 0.625. The molecule has 0 radical (unpaired) electrons. The molecular formula is C13H18N6OS2. The molecule has 2 rings (SSSR count). The third-order valence-electron chi connectivity index (χ3n) is 2.88. The van der Waals surface area contributed by atoms with Gasteiger partial charge in [-0.2, -0.15) is 12.6 Å². The van der Waals surface area contributed by atoms with Gasteiger partial charge in [-0.25, -0.2) is 0 Å². The standard InChI is InChI=1S/C13H18N6OS2/c1-18(2)9-4-5-10(11(20)8-9)14-15-12-16-17-13(22-12)19(3)6-7-21/h4-5,8,20-21H,6-7H2,1-3H3. The number of aromatic nitrogens is 2. The molecule has 0 atom stereocenters. The first-order valence-corrected chi connectivity index (χ1v) is 8.03. The molecule has 0 aliphatic heterocycles. The van der Waals surface area contributed by atoms with Crippen molar-refractivity contribution in [1.29, 1.82) is 0 Å². The van der Waals surface area contributed by atoms with E-state index in [1.807, 2.05) is 37.0 Å². The molecule has 0 bridgehead atoms. The predicted octanol–water partition coefficient (Wildman–Crippen LogP) is 3.09. The molecule has 1 heterocycles. The fraction of sp³-hybridized carbons (Fsp3) is 0.385. The Morgan fingerprint density at radius 2 is 2.00 bits per heavy atom. The Morgan fingerprint density at radius 3 is 2.64 bits per heavy atom. The largest absolute Gasteiger partial charge is 0.506 e. The molecule has 7 nitrogen and oxygen atoms in total. The summed E-state index contributed by atoms with van der Waals surface area (Å²) in [5.41, 5.74) is 1.29. The summed E-state index contributed by atoms with van der Waals surface area (Å²) in [6, 6.07) is 5.21. The number of azo groups is 1. The van der Waals surface area contributed by atoms with Gasteiger partial charge in [0.25, 0.3) is 5.13 Å². The van der Waals surface area contributed by atoms with E-state index in [2.05, 4.69) is 33.1 Å². The molecule has 0 unspecified atom stereocenters. The second-order valence-electron chi connectivity index (χ2n) is 4.78. The molecule has 2 aromatic rings. The lowest BCUT2D eigenvalue weighted by Crippen LogP contribution is -2.19. The maximum absolute atomic E-state index is 9.95. The Balaban J connectivity index is 2.12. The van der Waals surface area contributed by atoms with Crippen molar-refractivity contribution >= 4 is 45.6 Å². The Morgan fingerprint density at radius 1 is 1.23 bits per heavy atom. The summed E-state index contributed by atoms with van der Waals surface area (Å²) in [4.78, 5) is 3.85. The van der Waals surface area contributed by atoms with Crippen molar-refractivity contribution < 1.29 is 5.11 Å². The smallest absolute Gasteiger partial charge is 0.253 e. The van der Waals surface area contributed by atoms with E-state index in [-0.39, 0.29) is 5.75 Å². The summed E-state index contributed by atoms with van der Waals surface area (Å²) in [6.45, 7) is 0.779. The number of benzene rings is 1. The van der Waals surface area contributed by atoms with Gasteiger partial charge in [-0.15, -0.1) is 20.4 Å². The van der Waals surface area contributed by atoms with Crippen molar-refractivity contribution in [3.05, 3.63) is 18.2 Å². The molecule has 22 heavy (non-hydrogen) atoms. The van der Waals surface area contributed by atoms with Crippen molar-refractivity contribution in [1.82, 2.24) is 10.2 Å². The molecule has 0 saturated heterocycles. The molecule has 118 valence electrons. The first-order valence-electron chi connectivity index (χ1n) is 6.59. The topological polar surface area (TPSA) is 77.2 Å². The van der Waals surface area contributed by atoms with E-state index in [9.17, 15) is 5.11 Å². The van der Waals surface area contributed by atoms with Crippen LogP contribution in [0, 0.1) is 0 Å². The fourth-order valence-corrected chi connectivity index (χ4v) is 2.57. The van der Waals surface area contributed by atoms with Gasteiger partial charge in [-0.05, 0) is 12.1 Å². The molecule has 0 fully saturated rings. The second-order valence-corrected chi connectivity index (χ2v) is 6.16. The molecule has 0 aliphatic carbocycles. The lowest BCUT2D eigenvalue weighted by Gasteiger charge is -2.12. The molecule has 0 amide bonds. The van der Waals surface area contributed by atoms with E-state index in [0.29, 0.717) is 10.8 Å². The van der Waals surface area contributed by atoms with E-state index in [4.69, 9.17) is 0 Å². The highest BCUT2D eigenvalue weighted by molar-refractivity contribution is 7.80. The molecule has 0 saturated carbocycles. The summed E-state index contributed by atoms with van der Waals surface area (Å²) >= 11 is 5.51. The van der Waals surface area contributed by atoms with Gasteiger partial charge in [0.1, 0.15) is 11.4 Å². The third-order valence-corrected chi connectivity index (χ3v) is 4.01. The first kappa shape index (κ1) is 16.5. The zero-order valence-corrected chi connectivity index (χ0v) is 14.3.